The molecule has 1 aliphatic rings. The van der Waals surface area contributed by atoms with Gasteiger partial charge in [-0.25, -0.2) is 19.4 Å². The Morgan fingerprint density at radius 2 is 2.10 bits per heavy atom. The number of rotatable bonds is 4. The van der Waals surface area contributed by atoms with Gasteiger partial charge in [0.15, 0.2) is 0 Å². The summed E-state index contributed by atoms with van der Waals surface area (Å²) in [5.41, 5.74) is 2.20. The Balaban J connectivity index is 1.25. The van der Waals surface area contributed by atoms with E-state index in [4.69, 9.17) is 0 Å². The van der Waals surface area contributed by atoms with Crippen LogP contribution in [0.3, 0.4) is 0 Å². The van der Waals surface area contributed by atoms with Gasteiger partial charge in [0, 0.05) is 25.1 Å². The van der Waals surface area contributed by atoms with E-state index in [2.05, 4.69) is 20.2 Å². The van der Waals surface area contributed by atoms with Crippen molar-refractivity contribution in [1.82, 2.24) is 29.6 Å². The fourth-order valence-corrected chi connectivity index (χ4v) is 4.69. The van der Waals surface area contributed by atoms with E-state index in [9.17, 15) is 9.59 Å². The van der Waals surface area contributed by atoms with Gasteiger partial charge in [-0.3, -0.25) is 4.79 Å². The van der Waals surface area contributed by atoms with E-state index in [1.54, 1.807) is 10.9 Å². The number of thiophene rings is 1. The molecule has 0 bridgehead atoms. The van der Waals surface area contributed by atoms with E-state index < -0.39 is 0 Å². The lowest BCUT2D eigenvalue weighted by molar-refractivity contribution is 0.0690. The first-order valence-electron chi connectivity index (χ1n) is 9.61. The van der Waals surface area contributed by atoms with Crippen molar-refractivity contribution < 1.29 is 4.79 Å². The molecule has 1 fully saturated rings. The number of hydrogen-bond acceptors (Lipinski definition) is 5. The van der Waals surface area contributed by atoms with E-state index in [1.807, 2.05) is 40.6 Å². The molecule has 0 unspecified atom stereocenters. The van der Waals surface area contributed by atoms with Crippen molar-refractivity contribution in [3.8, 4) is 5.00 Å². The van der Waals surface area contributed by atoms with E-state index in [0.717, 1.165) is 41.1 Å². The SMILES string of the molecule is O=C(c1ccc2nc[nH]c2c1)N1CCC(Cc2n[nH]c(=O)n2-c2cccs2)CC1. The molecule has 1 aliphatic heterocycles. The van der Waals surface area contributed by atoms with Crippen LogP contribution in [0.25, 0.3) is 16.0 Å². The quantitative estimate of drug-likeness (QED) is 0.542. The number of aromatic amines is 2. The minimum absolute atomic E-state index is 0.0511. The summed E-state index contributed by atoms with van der Waals surface area (Å²) in [6.07, 6.45) is 4.14. The molecular weight excluding hydrogens is 388 g/mol. The zero-order valence-corrected chi connectivity index (χ0v) is 16.5. The van der Waals surface area contributed by atoms with Crippen molar-refractivity contribution in [2.75, 3.05) is 13.1 Å². The molecule has 148 valence electrons. The van der Waals surface area contributed by atoms with Crippen LogP contribution in [-0.2, 0) is 6.42 Å². The van der Waals surface area contributed by atoms with Gasteiger partial charge >= 0.3 is 5.69 Å². The predicted molar refractivity (Wildman–Crippen MR) is 110 cm³/mol. The average Bonchev–Trinajstić information content (AvgIpc) is 3.49. The van der Waals surface area contributed by atoms with Gasteiger partial charge in [-0.1, -0.05) is 0 Å². The van der Waals surface area contributed by atoms with Crippen LogP contribution in [0.4, 0.5) is 0 Å². The smallest absolute Gasteiger partial charge is 0.345 e. The summed E-state index contributed by atoms with van der Waals surface area (Å²) >= 11 is 1.52. The highest BCUT2D eigenvalue weighted by Crippen LogP contribution is 2.24. The Labute approximate surface area is 170 Å². The third-order valence-corrected chi connectivity index (χ3v) is 6.36. The highest BCUT2D eigenvalue weighted by molar-refractivity contribution is 7.12. The second-order valence-corrected chi connectivity index (χ2v) is 8.23. The molecule has 0 saturated carbocycles. The first-order chi connectivity index (χ1) is 14.2. The molecule has 1 amide bonds. The van der Waals surface area contributed by atoms with Gasteiger partial charge in [0.05, 0.1) is 17.4 Å². The maximum absolute atomic E-state index is 12.9. The van der Waals surface area contributed by atoms with Crippen molar-refractivity contribution in [3.05, 3.63) is 63.9 Å². The maximum Gasteiger partial charge on any atom is 0.348 e. The summed E-state index contributed by atoms with van der Waals surface area (Å²) in [7, 11) is 0. The van der Waals surface area contributed by atoms with E-state index >= 15 is 0 Å². The number of aromatic nitrogens is 5. The summed E-state index contributed by atoms with van der Waals surface area (Å²) in [5, 5.41) is 9.62. The van der Waals surface area contributed by atoms with Crippen molar-refractivity contribution >= 4 is 28.3 Å². The summed E-state index contributed by atoms with van der Waals surface area (Å²) in [6.45, 7) is 1.41. The largest absolute Gasteiger partial charge is 0.348 e. The van der Waals surface area contributed by atoms with Crippen LogP contribution in [0.5, 0.6) is 0 Å². The number of imidazole rings is 1. The van der Waals surface area contributed by atoms with Crippen LogP contribution in [0.15, 0.2) is 46.8 Å². The molecule has 1 aromatic carbocycles. The van der Waals surface area contributed by atoms with Crippen molar-refractivity contribution in [1.29, 1.82) is 0 Å². The van der Waals surface area contributed by atoms with Crippen molar-refractivity contribution in [3.63, 3.8) is 0 Å². The Morgan fingerprint density at radius 1 is 1.24 bits per heavy atom. The third-order valence-electron chi connectivity index (χ3n) is 5.51. The number of nitrogens with one attached hydrogen (secondary N) is 2. The molecule has 0 aliphatic carbocycles. The molecule has 0 radical (unpaired) electrons. The zero-order chi connectivity index (χ0) is 19.8. The van der Waals surface area contributed by atoms with Crippen LogP contribution in [0.1, 0.15) is 29.0 Å². The zero-order valence-electron chi connectivity index (χ0n) is 15.7. The first-order valence-corrected chi connectivity index (χ1v) is 10.5. The molecule has 1 saturated heterocycles. The van der Waals surface area contributed by atoms with Crippen molar-refractivity contribution in [2.45, 2.75) is 19.3 Å². The second-order valence-electron chi connectivity index (χ2n) is 7.31. The van der Waals surface area contributed by atoms with Crippen molar-refractivity contribution in [2.24, 2.45) is 5.92 Å². The number of benzene rings is 1. The average molecular weight is 408 g/mol. The number of piperidine rings is 1. The number of nitrogens with zero attached hydrogens (tertiary/aromatic N) is 4. The molecule has 0 atom stereocenters. The van der Waals surface area contributed by atoms with Gasteiger partial charge in [-0.05, 0) is 54.5 Å². The number of carbonyl (C=O) groups is 1. The number of amides is 1. The van der Waals surface area contributed by atoms with Gasteiger partial charge in [0.2, 0.25) is 0 Å². The predicted octanol–water partition coefficient (Wildman–Crippen LogP) is 2.59. The van der Waals surface area contributed by atoms with Gasteiger partial charge in [-0.15, -0.1) is 11.3 Å². The standard InChI is InChI=1S/C20H20N6O2S/c27-19(14-3-4-15-16(11-14)22-12-21-15)25-7-5-13(6-8-25)10-17-23-24-20(28)26(17)18-2-1-9-29-18/h1-4,9,11-13H,5-8,10H2,(H,21,22)(H,24,28). The highest BCUT2D eigenvalue weighted by Gasteiger charge is 2.26. The van der Waals surface area contributed by atoms with Gasteiger partial charge < -0.3 is 9.88 Å². The van der Waals surface area contributed by atoms with Crippen LogP contribution in [0, 0.1) is 5.92 Å². The van der Waals surface area contributed by atoms with Crippen LogP contribution in [0.2, 0.25) is 0 Å². The lowest BCUT2D eigenvalue weighted by atomic mass is 9.93. The lowest BCUT2D eigenvalue weighted by Crippen LogP contribution is -2.39. The third kappa shape index (κ3) is 3.38. The number of hydrogen-bond donors (Lipinski definition) is 2. The second kappa shape index (κ2) is 7.32. The normalized spacial score (nSPS) is 15.2. The van der Waals surface area contributed by atoms with Gasteiger partial charge in [0.25, 0.3) is 5.91 Å². The maximum atomic E-state index is 12.9. The Morgan fingerprint density at radius 3 is 2.90 bits per heavy atom. The molecule has 4 aromatic rings. The summed E-state index contributed by atoms with van der Waals surface area (Å²) in [4.78, 5) is 34.2. The molecule has 9 heteroatoms. The molecule has 3 aromatic heterocycles. The summed E-state index contributed by atoms with van der Waals surface area (Å²) in [5.74, 6) is 1.20. The number of carbonyl (C=O) groups excluding carboxylic acids is 1. The van der Waals surface area contributed by atoms with E-state index in [-0.39, 0.29) is 11.6 Å². The Hall–Kier alpha value is -3.20. The van der Waals surface area contributed by atoms with Gasteiger partial charge in [-0.2, -0.15) is 5.10 Å². The minimum Gasteiger partial charge on any atom is -0.345 e. The van der Waals surface area contributed by atoms with Gasteiger partial charge in [0.1, 0.15) is 10.8 Å². The van der Waals surface area contributed by atoms with Crippen LogP contribution >= 0.6 is 11.3 Å². The Kier molecular flexibility index (Phi) is 4.51. The molecule has 0 spiro atoms. The van der Waals surface area contributed by atoms with E-state index in [0.29, 0.717) is 24.6 Å². The van der Waals surface area contributed by atoms with Crippen LogP contribution in [-0.4, -0.2) is 48.6 Å². The number of H-pyrrole nitrogens is 2. The molecule has 5 rings (SSSR count). The molecule has 4 heterocycles. The molecule has 29 heavy (non-hydrogen) atoms. The summed E-state index contributed by atoms with van der Waals surface area (Å²) < 4.78 is 1.65. The number of likely N-dealkylation sites (tertiary alicyclic amines) is 1. The molecule has 8 nitrogen and oxygen atoms in total. The Bertz CT molecular complexity index is 1200. The topological polar surface area (TPSA) is 99.7 Å². The van der Waals surface area contributed by atoms with E-state index in [1.165, 1.54) is 11.3 Å². The number of fused-ring (bicyclic) bond motifs is 1. The monoisotopic (exact) mass is 408 g/mol. The summed E-state index contributed by atoms with van der Waals surface area (Å²) in [6, 6.07) is 9.41. The molecule has 2 N–H and O–H groups in total. The fourth-order valence-electron chi connectivity index (χ4n) is 3.94. The highest BCUT2D eigenvalue weighted by atomic mass is 32.1. The lowest BCUT2D eigenvalue weighted by Gasteiger charge is -2.32. The fraction of sp³-hybridized carbons (Fsp3) is 0.300. The minimum atomic E-state index is -0.204. The van der Waals surface area contributed by atoms with Crippen LogP contribution < -0.4 is 5.69 Å². The molecular formula is C20H20N6O2S. The first kappa shape index (κ1) is 17.9.